The van der Waals surface area contributed by atoms with Crippen LogP contribution < -0.4 is 4.90 Å². The van der Waals surface area contributed by atoms with Gasteiger partial charge in [-0.05, 0) is 31.2 Å². The molecule has 26 heavy (non-hydrogen) atoms. The molecule has 0 N–H and O–H groups in total. The molecule has 0 atom stereocenters. The van der Waals surface area contributed by atoms with E-state index in [0.717, 1.165) is 36.6 Å². The summed E-state index contributed by atoms with van der Waals surface area (Å²) in [6.45, 7) is 4.06. The predicted molar refractivity (Wildman–Crippen MR) is 104 cm³/mol. The first-order valence-electron chi connectivity index (χ1n) is 9.42. The molecule has 0 saturated carbocycles. The molecule has 1 saturated heterocycles. The third-order valence-corrected chi connectivity index (χ3v) is 6.19. The van der Waals surface area contributed by atoms with Crippen molar-refractivity contribution in [2.24, 2.45) is 0 Å². The third-order valence-electron chi connectivity index (χ3n) is 5.01. The van der Waals surface area contributed by atoms with Crippen LogP contribution in [0.4, 0.5) is 5.13 Å². The molecular formula is C20H25N3O2S. The van der Waals surface area contributed by atoms with Crippen LogP contribution in [0.3, 0.4) is 0 Å². The minimum Gasteiger partial charge on any atom is -0.379 e. The molecule has 0 bridgehead atoms. The van der Waals surface area contributed by atoms with Crippen LogP contribution in [-0.2, 0) is 28.9 Å². The highest BCUT2D eigenvalue weighted by Gasteiger charge is 2.25. The summed E-state index contributed by atoms with van der Waals surface area (Å²) in [6.07, 6.45) is 4.58. The van der Waals surface area contributed by atoms with Gasteiger partial charge in [0.1, 0.15) is 0 Å². The molecule has 5 nitrogen and oxygen atoms in total. The molecule has 1 fully saturated rings. The summed E-state index contributed by atoms with van der Waals surface area (Å²) in [6, 6.07) is 10.2. The highest BCUT2D eigenvalue weighted by Crippen LogP contribution is 2.32. The maximum absolute atomic E-state index is 13.1. The molecule has 1 aliphatic heterocycles. The Morgan fingerprint density at radius 2 is 1.92 bits per heavy atom. The van der Waals surface area contributed by atoms with Crippen molar-refractivity contribution in [2.75, 3.05) is 37.7 Å². The van der Waals surface area contributed by atoms with E-state index in [2.05, 4.69) is 17.0 Å². The van der Waals surface area contributed by atoms with Crippen LogP contribution in [-0.4, -0.2) is 48.6 Å². The molecule has 2 aromatic rings. The zero-order chi connectivity index (χ0) is 17.8. The second-order valence-electron chi connectivity index (χ2n) is 6.93. The molecular weight excluding hydrogens is 346 g/mol. The standard InChI is InChI=1S/C20H25N3O2S/c24-19(15-22-10-12-25-13-11-22)23(14-16-6-2-1-3-7-16)20-21-17-8-4-5-9-18(17)26-20/h1-3,6-7H,4-5,8-15H2. The second-order valence-corrected chi connectivity index (χ2v) is 7.99. The Morgan fingerprint density at radius 1 is 1.15 bits per heavy atom. The minimum absolute atomic E-state index is 0.127. The average Bonchev–Trinajstić information content (AvgIpc) is 3.11. The molecule has 1 aromatic carbocycles. The van der Waals surface area contributed by atoms with Gasteiger partial charge in [0, 0.05) is 18.0 Å². The lowest BCUT2D eigenvalue weighted by atomic mass is 10.0. The summed E-state index contributed by atoms with van der Waals surface area (Å²) in [4.78, 5) is 23.4. The third kappa shape index (κ3) is 4.14. The summed E-state index contributed by atoms with van der Waals surface area (Å²) in [7, 11) is 0. The van der Waals surface area contributed by atoms with Gasteiger partial charge in [0.25, 0.3) is 0 Å². The Morgan fingerprint density at radius 3 is 2.69 bits per heavy atom. The fourth-order valence-electron chi connectivity index (χ4n) is 3.52. The number of thiazole rings is 1. The zero-order valence-corrected chi connectivity index (χ0v) is 15.8. The fourth-order valence-corrected chi connectivity index (χ4v) is 4.68. The molecule has 2 heterocycles. The number of aromatic nitrogens is 1. The van der Waals surface area contributed by atoms with Crippen molar-refractivity contribution in [1.82, 2.24) is 9.88 Å². The van der Waals surface area contributed by atoms with Gasteiger partial charge in [-0.1, -0.05) is 30.3 Å². The summed E-state index contributed by atoms with van der Waals surface area (Å²) >= 11 is 1.70. The Labute approximate surface area is 158 Å². The molecule has 0 radical (unpaired) electrons. The van der Waals surface area contributed by atoms with E-state index in [1.165, 1.54) is 23.4 Å². The van der Waals surface area contributed by atoms with Gasteiger partial charge in [0.2, 0.25) is 5.91 Å². The Hall–Kier alpha value is -1.76. The lowest BCUT2D eigenvalue weighted by Gasteiger charge is -2.28. The van der Waals surface area contributed by atoms with Crippen molar-refractivity contribution in [3.8, 4) is 0 Å². The first kappa shape index (κ1) is 17.6. The van der Waals surface area contributed by atoms with E-state index in [1.54, 1.807) is 11.3 Å². The molecule has 4 rings (SSSR count). The van der Waals surface area contributed by atoms with Gasteiger partial charge in [-0.3, -0.25) is 14.6 Å². The summed E-state index contributed by atoms with van der Waals surface area (Å²) in [5, 5.41) is 0.860. The van der Waals surface area contributed by atoms with Crippen molar-refractivity contribution in [2.45, 2.75) is 32.2 Å². The number of fused-ring (bicyclic) bond motifs is 1. The van der Waals surface area contributed by atoms with E-state index in [9.17, 15) is 4.79 Å². The molecule has 1 aliphatic carbocycles. The monoisotopic (exact) mass is 371 g/mol. The Balaban J connectivity index is 1.56. The number of nitrogens with zero attached hydrogens (tertiary/aromatic N) is 3. The molecule has 1 aromatic heterocycles. The number of hydrogen-bond acceptors (Lipinski definition) is 5. The number of benzene rings is 1. The first-order valence-corrected chi connectivity index (χ1v) is 10.2. The quantitative estimate of drug-likeness (QED) is 0.811. The molecule has 138 valence electrons. The Kier molecular flexibility index (Phi) is 5.62. The van der Waals surface area contributed by atoms with Crippen molar-refractivity contribution in [3.05, 3.63) is 46.5 Å². The van der Waals surface area contributed by atoms with Crippen molar-refractivity contribution < 1.29 is 9.53 Å². The normalized spacial score (nSPS) is 17.7. The molecule has 0 spiro atoms. The van der Waals surface area contributed by atoms with E-state index in [-0.39, 0.29) is 5.91 Å². The van der Waals surface area contributed by atoms with Gasteiger partial charge in [-0.15, -0.1) is 11.3 Å². The fraction of sp³-hybridized carbons (Fsp3) is 0.500. The molecule has 1 amide bonds. The van der Waals surface area contributed by atoms with E-state index in [0.29, 0.717) is 26.3 Å². The average molecular weight is 372 g/mol. The van der Waals surface area contributed by atoms with Crippen molar-refractivity contribution in [1.29, 1.82) is 0 Å². The number of morpholine rings is 1. The highest BCUT2D eigenvalue weighted by atomic mass is 32.1. The van der Waals surface area contributed by atoms with E-state index < -0.39 is 0 Å². The van der Waals surface area contributed by atoms with Crippen LogP contribution in [0, 0.1) is 0 Å². The van der Waals surface area contributed by atoms with Gasteiger partial charge in [-0.2, -0.15) is 0 Å². The maximum atomic E-state index is 13.1. The number of aryl methyl sites for hydroxylation is 2. The van der Waals surface area contributed by atoms with Gasteiger partial charge in [-0.25, -0.2) is 4.98 Å². The van der Waals surface area contributed by atoms with Crippen LogP contribution >= 0.6 is 11.3 Å². The number of carbonyl (C=O) groups excluding carboxylic acids is 1. The lowest BCUT2D eigenvalue weighted by Crippen LogP contribution is -2.44. The number of amides is 1. The highest BCUT2D eigenvalue weighted by molar-refractivity contribution is 7.15. The van der Waals surface area contributed by atoms with Crippen molar-refractivity contribution in [3.63, 3.8) is 0 Å². The summed E-state index contributed by atoms with van der Waals surface area (Å²) < 4.78 is 5.40. The van der Waals surface area contributed by atoms with E-state index >= 15 is 0 Å². The topological polar surface area (TPSA) is 45.7 Å². The SMILES string of the molecule is O=C(CN1CCOCC1)N(Cc1ccccc1)c1nc2c(s1)CCCC2. The maximum Gasteiger partial charge on any atom is 0.243 e. The minimum atomic E-state index is 0.127. The number of anilines is 1. The van der Waals surface area contributed by atoms with Gasteiger partial charge in [0.15, 0.2) is 5.13 Å². The van der Waals surface area contributed by atoms with Gasteiger partial charge >= 0.3 is 0 Å². The van der Waals surface area contributed by atoms with Crippen LogP contribution in [0.2, 0.25) is 0 Å². The number of rotatable bonds is 5. The summed E-state index contributed by atoms with van der Waals surface area (Å²) in [5.74, 6) is 0.127. The van der Waals surface area contributed by atoms with E-state index in [4.69, 9.17) is 9.72 Å². The number of ether oxygens (including phenoxy) is 1. The summed E-state index contributed by atoms with van der Waals surface area (Å²) in [5.41, 5.74) is 2.34. The first-order chi connectivity index (χ1) is 12.8. The van der Waals surface area contributed by atoms with Crippen molar-refractivity contribution >= 4 is 22.4 Å². The molecule has 2 aliphatic rings. The zero-order valence-electron chi connectivity index (χ0n) is 15.0. The van der Waals surface area contributed by atoms with Gasteiger partial charge in [0.05, 0.1) is 32.0 Å². The molecule has 6 heteroatoms. The number of carbonyl (C=O) groups is 1. The Bertz CT molecular complexity index is 717. The van der Waals surface area contributed by atoms with Gasteiger partial charge < -0.3 is 4.74 Å². The second kappa shape index (κ2) is 8.29. The molecule has 0 unspecified atom stereocenters. The van der Waals surface area contributed by atoms with E-state index in [1.807, 2.05) is 23.1 Å². The number of hydrogen-bond donors (Lipinski definition) is 0. The van der Waals surface area contributed by atoms with Crippen LogP contribution in [0.1, 0.15) is 29.0 Å². The largest absolute Gasteiger partial charge is 0.379 e. The van der Waals surface area contributed by atoms with Crippen LogP contribution in [0.15, 0.2) is 30.3 Å². The predicted octanol–water partition coefficient (Wildman–Crippen LogP) is 2.89. The lowest BCUT2D eigenvalue weighted by molar-refractivity contribution is -0.120. The van der Waals surface area contributed by atoms with Crippen LogP contribution in [0.25, 0.3) is 0 Å². The smallest absolute Gasteiger partial charge is 0.243 e. The van der Waals surface area contributed by atoms with Crippen LogP contribution in [0.5, 0.6) is 0 Å².